The first kappa shape index (κ1) is 14.3. The van der Waals surface area contributed by atoms with Crippen molar-refractivity contribution < 1.29 is 23.4 Å². The molecule has 0 aliphatic carbocycles. The van der Waals surface area contributed by atoms with E-state index in [9.17, 15) is 13.2 Å². The third-order valence-electron chi connectivity index (χ3n) is 2.02. The Morgan fingerprint density at radius 1 is 1.33 bits per heavy atom. The van der Waals surface area contributed by atoms with Crippen LogP contribution in [0, 0.1) is 0 Å². The Hall–Kier alpha value is -0.660. The SMILES string of the molecule is CC(C)N(CCO)S(=O)(=O)C(C)C(=O)O. The van der Waals surface area contributed by atoms with E-state index in [2.05, 4.69) is 0 Å². The van der Waals surface area contributed by atoms with Gasteiger partial charge in [-0.05, 0) is 20.8 Å². The van der Waals surface area contributed by atoms with Crippen molar-refractivity contribution in [3.8, 4) is 0 Å². The first-order chi connectivity index (χ1) is 6.75. The monoisotopic (exact) mass is 239 g/mol. The molecule has 0 aromatic heterocycles. The van der Waals surface area contributed by atoms with E-state index in [-0.39, 0.29) is 19.2 Å². The van der Waals surface area contributed by atoms with Crippen LogP contribution in [-0.2, 0) is 14.8 Å². The molecule has 0 aliphatic heterocycles. The van der Waals surface area contributed by atoms with Crippen LogP contribution < -0.4 is 0 Å². The lowest BCUT2D eigenvalue weighted by atomic mass is 10.4. The van der Waals surface area contributed by atoms with Gasteiger partial charge in [0.05, 0.1) is 6.61 Å². The van der Waals surface area contributed by atoms with Crippen LogP contribution in [0.2, 0.25) is 0 Å². The van der Waals surface area contributed by atoms with Crippen LogP contribution >= 0.6 is 0 Å². The molecule has 15 heavy (non-hydrogen) atoms. The fraction of sp³-hybridized carbons (Fsp3) is 0.875. The largest absolute Gasteiger partial charge is 0.480 e. The number of sulfonamides is 1. The molecule has 0 rings (SSSR count). The molecular formula is C8H17NO5S. The second-order valence-corrected chi connectivity index (χ2v) is 5.66. The Labute approximate surface area is 89.6 Å². The highest BCUT2D eigenvalue weighted by Gasteiger charge is 2.34. The summed E-state index contributed by atoms with van der Waals surface area (Å²) >= 11 is 0. The minimum atomic E-state index is -3.89. The van der Waals surface area contributed by atoms with Crippen molar-refractivity contribution in [1.29, 1.82) is 0 Å². The van der Waals surface area contributed by atoms with Gasteiger partial charge in [0.15, 0.2) is 5.25 Å². The highest BCUT2D eigenvalue weighted by molar-refractivity contribution is 7.90. The number of rotatable bonds is 6. The molecular weight excluding hydrogens is 222 g/mol. The zero-order chi connectivity index (χ0) is 12.2. The normalized spacial score (nSPS) is 14.5. The lowest BCUT2D eigenvalue weighted by molar-refractivity contribution is -0.136. The maximum atomic E-state index is 11.7. The smallest absolute Gasteiger partial charge is 0.323 e. The second kappa shape index (κ2) is 5.43. The minimum absolute atomic E-state index is 0.0857. The van der Waals surface area contributed by atoms with Crippen molar-refractivity contribution in [3.63, 3.8) is 0 Å². The molecule has 1 atom stereocenters. The van der Waals surface area contributed by atoms with Crippen molar-refractivity contribution in [3.05, 3.63) is 0 Å². The van der Waals surface area contributed by atoms with Gasteiger partial charge in [0.25, 0.3) is 0 Å². The van der Waals surface area contributed by atoms with Crippen molar-refractivity contribution in [1.82, 2.24) is 4.31 Å². The molecule has 1 unspecified atom stereocenters. The summed E-state index contributed by atoms with van der Waals surface area (Å²) in [4.78, 5) is 10.6. The topological polar surface area (TPSA) is 94.9 Å². The van der Waals surface area contributed by atoms with Crippen LogP contribution in [-0.4, -0.2) is 53.3 Å². The third kappa shape index (κ3) is 3.44. The zero-order valence-corrected chi connectivity index (χ0v) is 9.86. The van der Waals surface area contributed by atoms with Crippen molar-refractivity contribution in [2.75, 3.05) is 13.2 Å². The molecule has 0 aliphatic rings. The van der Waals surface area contributed by atoms with Crippen molar-refractivity contribution >= 4 is 16.0 Å². The van der Waals surface area contributed by atoms with E-state index < -0.39 is 21.2 Å². The Morgan fingerprint density at radius 3 is 2.07 bits per heavy atom. The highest BCUT2D eigenvalue weighted by Crippen LogP contribution is 2.12. The molecule has 0 radical (unpaired) electrons. The van der Waals surface area contributed by atoms with Gasteiger partial charge in [0, 0.05) is 12.6 Å². The van der Waals surface area contributed by atoms with E-state index in [0.29, 0.717) is 0 Å². The summed E-state index contributed by atoms with van der Waals surface area (Å²) < 4.78 is 24.5. The van der Waals surface area contributed by atoms with E-state index in [4.69, 9.17) is 10.2 Å². The zero-order valence-electron chi connectivity index (χ0n) is 9.04. The Balaban J connectivity index is 5.04. The average molecular weight is 239 g/mol. The van der Waals surface area contributed by atoms with Crippen molar-refractivity contribution in [2.24, 2.45) is 0 Å². The van der Waals surface area contributed by atoms with Gasteiger partial charge >= 0.3 is 5.97 Å². The molecule has 0 aromatic rings. The number of aliphatic hydroxyl groups is 1. The van der Waals surface area contributed by atoms with Gasteiger partial charge in [-0.1, -0.05) is 0 Å². The standard InChI is InChI=1S/C8H17NO5S/c1-6(2)9(4-5-10)15(13,14)7(3)8(11)12/h6-7,10H,4-5H2,1-3H3,(H,11,12). The molecule has 0 amide bonds. The second-order valence-electron chi connectivity index (χ2n) is 3.45. The molecule has 0 aromatic carbocycles. The van der Waals surface area contributed by atoms with E-state index in [0.717, 1.165) is 11.2 Å². The number of carboxylic acid groups (broad SMARTS) is 1. The van der Waals surface area contributed by atoms with Crippen molar-refractivity contribution in [2.45, 2.75) is 32.1 Å². The van der Waals surface area contributed by atoms with Crippen LogP contribution in [0.4, 0.5) is 0 Å². The Bertz CT molecular complexity index is 311. The van der Waals surface area contributed by atoms with Gasteiger partial charge in [0.2, 0.25) is 10.0 Å². The third-order valence-corrected chi connectivity index (χ3v) is 4.37. The minimum Gasteiger partial charge on any atom is -0.480 e. The summed E-state index contributed by atoms with van der Waals surface area (Å²) in [5.41, 5.74) is 0. The number of carboxylic acids is 1. The quantitative estimate of drug-likeness (QED) is 0.651. The number of aliphatic hydroxyl groups excluding tert-OH is 1. The Morgan fingerprint density at radius 2 is 1.80 bits per heavy atom. The summed E-state index contributed by atoms with van der Waals surface area (Å²) in [5.74, 6) is -1.39. The summed E-state index contributed by atoms with van der Waals surface area (Å²) in [6, 6.07) is -0.371. The lowest BCUT2D eigenvalue weighted by Gasteiger charge is -2.26. The molecule has 0 fully saturated rings. The molecule has 0 bridgehead atoms. The lowest BCUT2D eigenvalue weighted by Crippen LogP contribution is -2.45. The van der Waals surface area contributed by atoms with Gasteiger partial charge in [0.1, 0.15) is 0 Å². The number of hydrogen-bond acceptors (Lipinski definition) is 4. The number of hydrogen-bond donors (Lipinski definition) is 2. The molecule has 0 saturated heterocycles. The molecule has 90 valence electrons. The first-order valence-corrected chi connectivity index (χ1v) is 6.09. The summed E-state index contributed by atoms with van der Waals surface area (Å²) in [6.07, 6.45) is 0. The average Bonchev–Trinajstić information content (AvgIpc) is 2.11. The van der Waals surface area contributed by atoms with Crippen LogP contribution in [0.1, 0.15) is 20.8 Å². The van der Waals surface area contributed by atoms with E-state index >= 15 is 0 Å². The van der Waals surface area contributed by atoms with Crippen LogP contribution in [0.15, 0.2) is 0 Å². The summed E-state index contributed by atoms with van der Waals surface area (Å²) in [5, 5.41) is 15.9. The number of aliphatic carboxylic acids is 1. The fourth-order valence-corrected chi connectivity index (χ4v) is 2.69. The van der Waals surface area contributed by atoms with E-state index in [1.54, 1.807) is 13.8 Å². The van der Waals surface area contributed by atoms with Crippen LogP contribution in [0.5, 0.6) is 0 Å². The summed E-state index contributed by atoms with van der Waals surface area (Å²) in [7, 11) is -3.89. The molecule has 0 spiro atoms. The van der Waals surface area contributed by atoms with E-state index in [1.807, 2.05) is 0 Å². The molecule has 6 nitrogen and oxygen atoms in total. The van der Waals surface area contributed by atoms with Gasteiger partial charge in [-0.3, -0.25) is 4.79 Å². The van der Waals surface area contributed by atoms with E-state index in [1.165, 1.54) is 0 Å². The molecule has 7 heteroatoms. The van der Waals surface area contributed by atoms with Gasteiger partial charge in [-0.2, -0.15) is 4.31 Å². The maximum Gasteiger partial charge on any atom is 0.323 e. The predicted molar refractivity (Wildman–Crippen MR) is 54.9 cm³/mol. The summed E-state index contributed by atoms with van der Waals surface area (Å²) in [6.45, 7) is 3.95. The number of nitrogens with zero attached hydrogens (tertiary/aromatic N) is 1. The molecule has 2 N–H and O–H groups in total. The fourth-order valence-electron chi connectivity index (χ4n) is 1.11. The maximum absolute atomic E-state index is 11.7. The van der Waals surface area contributed by atoms with Gasteiger partial charge < -0.3 is 10.2 Å². The van der Waals surface area contributed by atoms with Crippen LogP contribution in [0.3, 0.4) is 0 Å². The van der Waals surface area contributed by atoms with Crippen LogP contribution in [0.25, 0.3) is 0 Å². The highest BCUT2D eigenvalue weighted by atomic mass is 32.2. The molecule has 0 saturated carbocycles. The van der Waals surface area contributed by atoms with Gasteiger partial charge in [-0.25, -0.2) is 8.42 Å². The predicted octanol–water partition coefficient (Wildman–Crippen LogP) is -0.508. The van der Waals surface area contributed by atoms with Gasteiger partial charge in [-0.15, -0.1) is 0 Å². The number of carbonyl (C=O) groups is 1. The molecule has 0 heterocycles. The Kier molecular flexibility index (Phi) is 5.19. The first-order valence-electron chi connectivity index (χ1n) is 4.59.